The maximum absolute atomic E-state index is 13.8. The predicted octanol–water partition coefficient (Wildman–Crippen LogP) is 3.48. The van der Waals surface area contributed by atoms with Crippen LogP contribution < -0.4 is 4.72 Å². The molecule has 1 N–H and O–H groups in total. The van der Waals surface area contributed by atoms with Gasteiger partial charge in [0.25, 0.3) is 10.0 Å². The lowest BCUT2D eigenvalue weighted by Crippen LogP contribution is -2.19. The molecule has 5 nitrogen and oxygen atoms in total. The standard InChI is InChI=1S/C17H13F2N3O2S2/c18-12-3-6-16(14(19)9-12)26(23,24)21-13-4-1-11(2-5-13)15-10-25-17-20-7-8-22(15)17/h1-6,9-10,21H,7-8H2. The lowest BCUT2D eigenvalue weighted by Gasteiger charge is -2.17. The van der Waals surface area contributed by atoms with Crippen LogP contribution in [0.2, 0.25) is 0 Å². The van der Waals surface area contributed by atoms with Crippen molar-refractivity contribution < 1.29 is 17.2 Å². The molecule has 0 bridgehead atoms. The van der Waals surface area contributed by atoms with E-state index in [1.165, 1.54) is 0 Å². The maximum Gasteiger partial charge on any atom is 0.264 e. The summed E-state index contributed by atoms with van der Waals surface area (Å²) in [6.07, 6.45) is 0. The fourth-order valence-corrected chi connectivity index (χ4v) is 4.84. The van der Waals surface area contributed by atoms with E-state index in [4.69, 9.17) is 0 Å². The Morgan fingerprint density at radius 1 is 1.12 bits per heavy atom. The Morgan fingerprint density at radius 3 is 2.62 bits per heavy atom. The molecule has 4 rings (SSSR count). The zero-order valence-electron chi connectivity index (χ0n) is 13.3. The number of sulfonamides is 1. The van der Waals surface area contributed by atoms with Gasteiger partial charge in [0.15, 0.2) is 5.17 Å². The molecule has 0 atom stereocenters. The summed E-state index contributed by atoms with van der Waals surface area (Å²) in [6, 6.07) is 9.11. The van der Waals surface area contributed by atoms with E-state index in [0.29, 0.717) is 11.8 Å². The lowest BCUT2D eigenvalue weighted by molar-refractivity contribution is 0.551. The molecule has 26 heavy (non-hydrogen) atoms. The Hall–Kier alpha value is -2.39. The summed E-state index contributed by atoms with van der Waals surface area (Å²) in [7, 11) is -4.15. The first-order valence-electron chi connectivity index (χ1n) is 7.71. The minimum atomic E-state index is -4.15. The SMILES string of the molecule is O=S(=O)(Nc1ccc(C2=CSC3=NCCN23)cc1)c1ccc(F)cc1F. The number of nitrogens with zero attached hydrogens (tertiary/aromatic N) is 2. The van der Waals surface area contributed by atoms with E-state index in [-0.39, 0.29) is 0 Å². The van der Waals surface area contributed by atoms with Crippen LogP contribution in [0.4, 0.5) is 14.5 Å². The third-order valence-electron chi connectivity index (χ3n) is 3.98. The molecule has 2 aliphatic rings. The summed E-state index contributed by atoms with van der Waals surface area (Å²) in [4.78, 5) is 5.89. The van der Waals surface area contributed by atoms with Crippen LogP contribution >= 0.6 is 11.8 Å². The van der Waals surface area contributed by atoms with E-state index in [9.17, 15) is 17.2 Å². The highest BCUT2D eigenvalue weighted by molar-refractivity contribution is 8.16. The Labute approximate surface area is 153 Å². The Bertz CT molecular complexity index is 1030. The molecule has 0 aromatic heterocycles. The number of benzene rings is 2. The normalized spacial score (nSPS) is 16.3. The molecule has 2 aliphatic heterocycles. The smallest absolute Gasteiger partial charge is 0.264 e. The fraction of sp³-hybridized carbons (Fsp3) is 0.118. The molecule has 2 aromatic rings. The number of hydrogen-bond donors (Lipinski definition) is 1. The van der Waals surface area contributed by atoms with Crippen LogP contribution in [-0.4, -0.2) is 31.6 Å². The predicted molar refractivity (Wildman–Crippen MR) is 98.2 cm³/mol. The molecular weight excluding hydrogens is 380 g/mol. The van der Waals surface area contributed by atoms with E-state index in [1.807, 2.05) is 5.41 Å². The Kier molecular flexibility index (Phi) is 4.20. The number of anilines is 1. The molecular formula is C17H13F2N3O2S2. The highest BCUT2D eigenvalue weighted by Gasteiger charge is 2.27. The number of hydrogen-bond acceptors (Lipinski definition) is 5. The summed E-state index contributed by atoms with van der Waals surface area (Å²) in [5.41, 5.74) is 2.24. The Balaban J connectivity index is 1.55. The molecule has 0 aliphatic carbocycles. The van der Waals surface area contributed by atoms with Gasteiger partial charge in [0, 0.05) is 23.7 Å². The van der Waals surface area contributed by atoms with Crippen LogP contribution in [-0.2, 0) is 10.0 Å². The number of fused-ring (bicyclic) bond motifs is 1. The van der Waals surface area contributed by atoms with Gasteiger partial charge in [0.2, 0.25) is 0 Å². The van der Waals surface area contributed by atoms with Crippen molar-refractivity contribution in [2.24, 2.45) is 4.99 Å². The van der Waals surface area contributed by atoms with E-state index in [2.05, 4.69) is 14.6 Å². The van der Waals surface area contributed by atoms with Crippen LogP contribution in [0.1, 0.15) is 5.56 Å². The lowest BCUT2D eigenvalue weighted by atomic mass is 10.1. The summed E-state index contributed by atoms with van der Waals surface area (Å²) < 4.78 is 53.7. The van der Waals surface area contributed by atoms with Crippen molar-refractivity contribution in [1.82, 2.24) is 4.90 Å². The number of thioether (sulfide) groups is 1. The zero-order chi connectivity index (χ0) is 18.3. The third kappa shape index (κ3) is 3.08. The quantitative estimate of drug-likeness (QED) is 0.864. The van der Waals surface area contributed by atoms with Crippen molar-refractivity contribution >= 4 is 38.3 Å². The molecule has 0 radical (unpaired) electrons. The first-order valence-corrected chi connectivity index (χ1v) is 10.1. The minimum Gasteiger partial charge on any atom is -0.318 e. The van der Waals surface area contributed by atoms with Crippen LogP contribution in [0.3, 0.4) is 0 Å². The van der Waals surface area contributed by atoms with Crippen LogP contribution in [0.5, 0.6) is 0 Å². The van der Waals surface area contributed by atoms with Crippen molar-refractivity contribution in [3.05, 3.63) is 65.1 Å². The second-order valence-electron chi connectivity index (χ2n) is 5.69. The largest absolute Gasteiger partial charge is 0.318 e. The highest BCUT2D eigenvalue weighted by atomic mass is 32.2. The van der Waals surface area contributed by atoms with E-state index in [1.54, 1.807) is 36.0 Å². The summed E-state index contributed by atoms with van der Waals surface area (Å²) in [5, 5.41) is 2.97. The van der Waals surface area contributed by atoms with Gasteiger partial charge < -0.3 is 4.90 Å². The van der Waals surface area contributed by atoms with Gasteiger partial charge in [-0.1, -0.05) is 23.9 Å². The monoisotopic (exact) mass is 393 g/mol. The summed E-state index contributed by atoms with van der Waals surface area (Å²) >= 11 is 1.56. The van der Waals surface area contributed by atoms with Crippen molar-refractivity contribution in [2.45, 2.75) is 4.90 Å². The van der Waals surface area contributed by atoms with Gasteiger partial charge in [0.1, 0.15) is 16.5 Å². The van der Waals surface area contributed by atoms with E-state index < -0.39 is 26.6 Å². The number of nitrogens with one attached hydrogen (secondary N) is 1. The molecule has 0 saturated heterocycles. The summed E-state index contributed by atoms with van der Waals surface area (Å²) in [5.74, 6) is -1.97. The van der Waals surface area contributed by atoms with Gasteiger partial charge in [-0.25, -0.2) is 17.2 Å². The van der Waals surface area contributed by atoms with Gasteiger partial charge >= 0.3 is 0 Å². The molecule has 0 unspecified atom stereocenters. The average molecular weight is 393 g/mol. The van der Waals surface area contributed by atoms with Crippen molar-refractivity contribution in [3.8, 4) is 0 Å². The first kappa shape index (κ1) is 17.0. The molecule has 0 spiro atoms. The summed E-state index contributed by atoms with van der Waals surface area (Å²) in [6.45, 7) is 1.59. The van der Waals surface area contributed by atoms with E-state index >= 15 is 0 Å². The molecule has 2 heterocycles. The van der Waals surface area contributed by atoms with E-state index in [0.717, 1.165) is 41.7 Å². The fourth-order valence-electron chi connectivity index (χ4n) is 2.76. The molecule has 134 valence electrons. The third-order valence-corrected chi connectivity index (χ3v) is 6.30. The maximum atomic E-state index is 13.8. The van der Waals surface area contributed by atoms with Gasteiger partial charge in [-0.2, -0.15) is 0 Å². The molecule has 2 aromatic carbocycles. The zero-order valence-corrected chi connectivity index (χ0v) is 14.9. The van der Waals surface area contributed by atoms with Gasteiger partial charge in [0.05, 0.1) is 12.2 Å². The molecule has 0 amide bonds. The first-order chi connectivity index (χ1) is 12.4. The number of halogens is 2. The highest BCUT2D eigenvalue weighted by Crippen LogP contribution is 2.35. The van der Waals surface area contributed by atoms with Crippen LogP contribution in [0.25, 0.3) is 5.70 Å². The van der Waals surface area contributed by atoms with Gasteiger partial charge in [-0.15, -0.1) is 0 Å². The van der Waals surface area contributed by atoms with Crippen LogP contribution in [0, 0.1) is 11.6 Å². The molecule has 0 saturated carbocycles. The molecule has 9 heteroatoms. The van der Waals surface area contributed by atoms with Gasteiger partial charge in [-0.05, 0) is 29.8 Å². The van der Waals surface area contributed by atoms with Crippen LogP contribution in [0.15, 0.2) is 57.8 Å². The topological polar surface area (TPSA) is 61.8 Å². The number of amidine groups is 1. The Morgan fingerprint density at radius 2 is 1.88 bits per heavy atom. The molecule has 0 fully saturated rings. The van der Waals surface area contributed by atoms with Gasteiger partial charge in [-0.3, -0.25) is 9.71 Å². The van der Waals surface area contributed by atoms with Crippen molar-refractivity contribution in [2.75, 3.05) is 17.8 Å². The minimum absolute atomic E-state index is 0.291. The number of rotatable bonds is 4. The number of aliphatic imine (C=N–C) groups is 1. The second kappa shape index (κ2) is 6.40. The second-order valence-corrected chi connectivity index (χ2v) is 8.18. The van der Waals surface area contributed by atoms with Crippen molar-refractivity contribution in [3.63, 3.8) is 0 Å². The van der Waals surface area contributed by atoms with Crippen molar-refractivity contribution in [1.29, 1.82) is 0 Å². The average Bonchev–Trinajstić information content (AvgIpc) is 3.18.